The van der Waals surface area contributed by atoms with Crippen LogP contribution in [0.5, 0.6) is 0 Å². The Morgan fingerprint density at radius 3 is 1.56 bits per heavy atom. The highest BCUT2D eigenvalue weighted by Gasteiger charge is 2.23. The van der Waals surface area contributed by atoms with E-state index in [1.54, 1.807) is 0 Å². The van der Waals surface area contributed by atoms with E-state index in [9.17, 15) is 0 Å². The number of hydrogen-bond acceptors (Lipinski definition) is 3. The second-order valence-corrected chi connectivity index (χ2v) is 14.1. The molecule has 0 saturated carbocycles. The van der Waals surface area contributed by atoms with Crippen molar-refractivity contribution >= 4 is 54.4 Å². The van der Waals surface area contributed by atoms with Crippen molar-refractivity contribution in [3.63, 3.8) is 0 Å². The van der Waals surface area contributed by atoms with Gasteiger partial charge in [0, 0.05) is 21.9 Å². The molecule has 9 aromatic carbocycles. The monoisotopic (exact) mass is 700 g/mol. The first-order valence-corrected chi connectivity index (χ1v) is 18.7. The molecule has 0 aliphatic carbocycles. The number of furan rings is 1. The SMILES string of the molecule is c1ccc(-c2ccc(-c3cccc(-c4cccc(-c5nc(-c6cccc7ccccc67)c6c(n5)oc5c7ccccc7c7ccccc7c56)c4)c3)cc2)cc1. The molecule has 2 aromatic heterocycles. The van der Waals surface area contributed by atoms with Crippen molar-refractivity contribution in [2.45, 2.75) is 0 Å². The first-order valence-electron chi connectivity index (χ1n) is 18.7. The zero-order valence-corrected chi connectivity index (χ0v) is 29.8. The third-order valence-electron chi connectivity index (χ3n) is 10.9. The molecule has 55 heavy (non-hydrogen) atoms. The third kappa shape index (κ3) is 5.20. The van der Waals surface area contributed by atoms with Crippen molar-refractivity contribution in [2.75, 3.05) is 0 Å². The van der Waals surface area contributed by atoms with Crippen molar-refractivity contribution in [3.05, 3.63) is 194 Å². The van der Waals surface area contributed by atoms with Crippen LogP contribution in [0.15, 0.2) is 199 Å². The predicted molar refractivity (Wildman–Crippen MR) is 229 cm³/mol. The molecule has 0 atom stereocenters. The van der Waals surface area contributed by atoms with Crippen LogP contribution in [0.1, 0.15) is 0 Å². The highest BCUT2D eigenvalue weighted by atomic mass is 16.3. The van der Waals surface area contributed by atoms with Gasteiger partial charge < -0.3 is 4.42 Å². The average molecular weight is 701 g/mol. The summed E-state index contributed by atoms with van der Waals surface area (Å²) in [7, 11) is 0. The van der Waals surface area contributed by atoms with Gasteiger partial charge in [-0.1, -0.05) is 182 Å². The summed E-state index contributed by atoms with van der Waals surface area (Å²) in [6.07, 6.45) is 0. The van der Waals surface area contributed by atoms with Gasteiger partial charge in [0.05, 0.1) is 11.1 Å². The molecule has 0 aliphatic heterocycles. The number of hydrogen-bond donors (Lipinski definition) is 0. The van der Waals surface area contributed by atoms with Gasteiger partial charge in [-0.05, 0) is 72.4 Å². The molecule has 256 valence electrons. The normalized spacial score (nSPS) is 11.6. The summed E-state index contributed by atoms with van der Waals surface area (Å²) >= 11 is 0. The summed E-state index contributed by atoms with van der Waals surface area (Å²) in [5.74, 6) is 0.623. The van der Waals surface area contributed by atoms with Crippen LogP contribution < -0.4 is 0 Å². The second kappa shape index (κ2) is 12.6. The van der Waals surface area contributed by atoms with E-state index in [0.29, 0.717) is 11.5 Å². The standard InChI is InChI=1S/C52H32N2O/c1-2-13-33(14-3-1)34-27-29-35(30-28-34)37-17-10-18-38(31-37)39-19-11-20-40(32-39)51-53-49(45-26-12-16-36-15-4-5-21-41(36)45)48-47-44-24-8-6-22-42(44)43-23-7-9-25-46(43)50(47)55-52(48)54-51/h1-32H. The lowest BCUT2D eigenvalue weighted by molar-refractivity contribution is 0.657. The van der Waals surface area contributed by atoms with Gasteiger partial charge in [-0.2, -0.15) is 4.98 Å². The Hall–Kier alpha value is -7.36. The molecular weight excluding hydrogens is 669 g/mol. The van der Waals surface area contributed by atoms with Crippen LogP contribution in [0.2, 0.25) is 0 Å². The maximum atomic E-state index is 6.88. The van der Waals surface area contributed by atoms with Gasteiger partial charge >= 0.3 is 0 Å². The Kier molecular flexibility index (Phi) is 7.17. The minimum Gasteiger partial charge on any atom is -0.437 e. The summed E-state index contributed by atoms with van der Waals surface area (Å²) in [4.78, 5) is 10.7. The minimum atomic E-state index is 0.579. The summed E-state index contributed by atoms with van der Waals surface area (Å²) in [5.41, 5.74) is 11.2. The molecule has 0 saturated heterocycles. The van der Waals surface area contributed by atoms with Gasteiger partial charge in [-0.25, -0.2) is 4.98 Å². The molecule has 0 aliphatic rings. The third-order valence-corrected chi connectivity index (χ3v) is 10.9. The first kappa shape index (κ1) is 31.2. The molecule has 0 spiro atoms. The Bertz CT molecular complexity index is 3250. The van der Waals surface area contributed by atoms with E-state index in [2.05, 4.69) is 194 Å². The van der Waals surface area contributed by atoms with Crippen molar-refractivity contribution < 1.29 is 4.42 Å². The molecule has 2 heterocycles. The lowest BCUT2D eigenvalue weighted by Gasteiger charge is -2.12. The number of rotatable bonds is 5. The number of fused-ring (bicyclic) bond motifs is 9. The smallest absolute Gasteiger partial charge is 0.231 e. The molecule has 0 bridgehead atoms. The van der Waals surface area contributed by atoms with Gasteiger partial charge in [0.1, 0.15) is 5.58 Å². The molecule has 0 unspecified atom stereocenters. The highest BCUT2D eigenvalue weighted by molar-refractivity contribution is 6.31. The predicted octanol–water partition coefficient (Wildman–Crippen LogP) is 14.2. The van der Waals surface area contributed by atoms with Crippen LogP contribution >= 0.6 is 0 Å². The summed E-state index contributed by atoms with van der Waals surface area (Å²) < 4.78 is 6.88. The molecule has 3 nitrogen and oxygen atoms in total. The van der Waals surface area contributed by atoms with E-state index in [-0.39, 0.29) is 0 Å². The highest BCUT2D eigenvalue weighted by Crippen LogP contribution is 2.45. The Morgan fingerprint density at radius 1 is 0.327 bits per heavy atom. The largest absolute Gasteiger partial charge is 0.437 e. The fourth-order valence-corrected chi connectivity index (χ4v) is 8.26. The molecule has 0 amide bonds. The lowest BCUT2D eigenvalue weighted by Crippen LogP contribution is -1.95. The zero-order chi connectivity index (χ0) is 36.3. The van der Waals surface area contributed by atoms with Crippen molar-refractivity contribution in [3.8, 4) is 56.0 Å². The Labute approximate surface area is 317 Å². The average Bonchev–Trinajstić information content (AvgIpc) is 3.67. The maximum absolute atomic E-state index is 6.88. The maximum Gasteiger partial charge on any atom is 0.231 e. The molecule has 0 fully saturated rings. The van der Waals surface area contributed by atoms with Gasteiger partial charge in [-0.3, -0.25) is 0 Å². The number of aromatic nitrogens is 2. The molecule has 3 heteroatoms. The van der Waals surface area contributed by atoms with Crippen LogP contribution in [0.25, 0.3) is 110 Å². The van der Waals surface area contributed by atoms with Gasteiger partial charge in [0.15, 0.2) is 5.82 Å². The van der Waals surface area contributed by atoms with Crippen LogP contribution in [0.4, 0.5) is 0 Å². The molecule has 11 aromatic rings. The lowest BCUT2D eigenvalue weighted by atomic mass is 9.94. The quantitative estimate of drug-likeness (QED) is 0.168. The van der Waals surface area contributed by atoms with Crippen LogP contribution in [0, 0.1) is 0 Å². The zero-order valence-electron chi connectivity index (χ0n) is 29.8. The minimum absolute atomic E-state index is 0.579. The Morgan fingerprint density at radius 2 is 0.818 bits per heavy atom. The summed E-state index contributed by atoms with van der Waals surface area (Å²) in [6.45, 7) is 0. The number of nitrogens with zero attached hydrogens (tertiary/aromatic N) is 2. The second-order valence-electron chi connectivity index (χ2n) is 14.1. The van der Waals surface area contributed by atoms with Crippen LogP contribution in [-0.2, 0) is 0 Å². The molecule has 11 rings (SSSR count). The first-order chi connectivity index (χ1) is 27.3. The van der Waals surface area contributed by atoms with Crippen LogP contribution in [-0.4, -0.2) is 9.97 Å². The topological polar surface area (TPSA) is 38.9 Å². The van der Waals surface area contributed by atoms with Crippen molar-refractivity contribution in [2.24, 2.45) is 0 Å². The fourth-order valence-electron chi connectivity index (χ4n) is 8.26. The van der Waals surface area contributed by atoms with Gasteiger partial charge in [-0.15, -0.1) is 0 Å². The van der Waals surface area contributed by atoms with Gasteiger partial charge in [0.25, 0.3) is 0 Å². The van der Waals surface area contributed by atoms with Crippen molar-refractivity contribution in [1.29, 1.82) is 0 Å². The van der Waals surface area contributed by atoms with E-state index in [1.807, 2.05) is 0 Å². The Balaban J connectivity index is 1.10. The summed E-state index contributed by atoms with van der Waals surface area (Å²) in [6, 6.07) is 68.6. The van der Waals surface area contributed by atoms with E-state index in [0.717, 1.165) is 71.2 Å². The fraction of sp³-hybridized carbons (Fsp3) is 0. The molecule has 0 radical (unpaired) electrons. The summed E-state index contributed by atoms with van der Waals surface area (Å²) in [5, 5.41) is 8.81. The molecule has 0 N–H and O–H groups in total. The van der Waals surface area contributed by atoms with E-state index < -0.39 is 0 Å². The molecular formula is C52H32N2O. The van der Waals surface area contributed by atoms with E-state index >= 15 is 0 Å². The van der Waals surface area contributed by atoms with Crippen LogP contribution in [0.3, 0.4) is 0 Å². The van der Waals surface area contributed by atoms with E-state index in [4.69, 9.17) is 14.4 Å². The van der Waals surface area contributed by atoms with E-state index in [1.165, 1.54) is 27.6 Å². The van der Waals surface area contributed by atoms with Crippen molar-refractivity contribution in [1.82, 2.24) is 9.97 Å². The number of benzene rings is 9. The van der Waals surface area contributed by atoms with Gasteiger partial charge in [0.2, 0.25) is 5.71 Å².